The van der Waals surface area contributed by atoms with E-state index < -0.39 is 0 Å². The fourth-order valence-corrected chi connectivity index (χ4v) is 0.175. The molecule has 0 fully saturated rings. The van der Waals surface area contributed by atoms with Gasteiger partial charge in [-0.3, -0.25) is 4.99 Å². The zero-order valence-electron chi connectivity index (χ0n) is 4.13. The summed E-state index contributed by atoms with van der Waals surface area (Å²) >= 11 is 0. The molecule has 0 heterocycles. The van der Waals surface area contributed by atoms with Crippen molar-refractivity contribution >= 4 is 6.21 Å². The van der Waals surface area contributed by atoms with Gasteiger partial charge in [0, 0.05) is 13.2 Å². The summed E-state index contributed by atoms with van der Waals surface area (Å²) in [4.78, 5) is 3.48. The number of hydrogen-bond donors (Lipinski definition) is 2. The highest BCUT2D eigenvalue weighted by Crippen LogP contribution is 1.73. The summed E-state index contributed by atoms with van der Waals surface area (Å²) in [6.07, 6.45) is 2.34. The SMILES string of the molecule is CN=CC(O)=CN. The van der Waals surface area contributed by atoms with Gasteiger partial charge in [-0.2, -0.15) is 0 Å². The molecular weight excluding hydrogens is 92.1 g/mol. The zero-order chi connectivity index (χ0) is 5.70. The Morgan fingerprint density at radius 2 is 2.43 bits per heavy atom. The first kappa shape index (κ1) is 6.01. The third-order valence-corrected chi connectivity index (χ3v) is 0.432. The molecule has 0 aliphatic rings. The molecule has 0 saturated heterocycles. The molecule has 7 heavy (non-hydrogen) atoms. The lowest BCUT2D eigenvalue weighted by Gasteiger charge is -1.80. The Morgan fingerprint density at radius 1 is 1.86 bits per heavy atom. The predicted molar refractivity (Wildman–Crippen MR) is 29.3 cm³/mol. The molecule has 0 unspecified atom stereocenters. The van der Waals surface area contributed by atoms with Crippen LogP contribution in [0.4, 0.5) is 0 Å². The Kier molecular flexibility index (Phi) is 2.76. The van der Waals surface area contributed by atoms with Crippen LogP contribution < -0.4 is 5.73 Å². The van der Waals surface area contributed by atoms with Crippen molar-refractivity contribution in [3.63, 3.8) is 0 Å². The average molecular weight is 100 g/mol. The van der Waals surface area contributed by atoms with Crippen LogP contribution in [0.5, 0.6) is 0 Å². The molecule has 0 radical (unpaired) electrons. The quantitative estimate of drug-likeness (QED) is 0.361. The van der Waals surface area contributed by atoms with Crippen LogP contribution in [0.15, 0.2) is 17.0 Å². The van der Waals surface area contributed by atoms with Gasteiger partial charge in [0.15, 0.2) is 0 Å². The summed E-state index contributed by atoms with van der Waals surface area (Å²) in [6, 6.07) is 0. The first-order chi connectivity index (χ1) is 3.31. The van der Waals surface area contributed by atoms with Crippen molar-refractivity contribution in [2.45, 2.75) is 0 Å². The average Bonchev–Trinajstić information content (AvgIpc) is 1.68. The van der Waals surface area contributed by atoms with Crippen molar-refractivity contribution in [1.82, 2.24) is 0 Å². The zero-order valence-corrected chi connectivity index (χ0v) is 4.13. The van der Waals surface area contributed by atoms with Crippen LogP contribution in [0, 0.1) is 0 Å². The van der Waals surface area contributed by atoms with E-state index in [1.807, 2.05) is 0 Å². The molecular formula is C4H8N2O. The molecule has 0 atom stereocenters. The molecule has 3 nitrogen and oxygen atoms in total. The van der Waals surface area contributed by atoms with Crippen LogP contribution in [0.25, 0.3) is 0 Å². The standard InChI is InChI=1S/C4H8N2O/c1-6-3-4(7)2-5/h2-3,7H,5H2,1H3. The van der Waals surface area contributed by atoms with Crippen molar-refractivity contribution in [3.05, 3.63) is 12.0 Å². The highest BCUT2D eigenvalue weighted by Gasteiger charge is 1.75. The van der Waals surface area contributed by atoms with Gasteiger partial charge in [-0.1, -0.05) is 0 Å². The van der Waals surface area contributed by atoms with E-state index in [2.05, 4.69) is 4.99 Å². The van der Waals surface area contributed by atoms with Crippen LogP contribution in [0.1, 0.15) is 0 Å². The molecule has 0 aliphatic heterocycles. The number of aliphatic hydroxyl groups excluding tert-OH is 1. The third kappa shape index (κ3) is 2.82. The lowest BCUT2D eigenvalue weighted by Crippen LogP contribution is -1.87. The predicted octanol–water partition coefficient (Wildman–Crippen LogP) is 0.0451. The van der Waals surface area contributed by atoms with Crippen molar-refractivity contribution < 1.29 is 5.11 Å². The molecule has 0 aromatic rings. The molecule has 40 valence electrons. The summed E-state index contributed by atoms with van der Waals surface area (Å²) in [6.45, 7) is 0. The second kappa shape index (κ2) is 3.21. The fourth-order valence-electron chi connectivity index (χ4n) is 0.175. The van der Waals surface area contributed by atoms with Crippen LogP contribution in [0.2, 0.25) is 0 Å². The minimum absolute atomic E-state index is 0.0116. The van der Waals surface area contributed by atoms with E-state index in [4.69, 9.17) is 10.8 Å². The number of nitrogens with zero attached hydrogens (tertiary/aromatic N) is 1. The summed E-state index contributed by atoms with van der Waals surface area (Å²) in [5.41, 5.74) is 4.85. The summed E-state index contributed by atoms with van der Waals surface area (Å²) in [7, 11) is 1.56. The Morgan fingerprint density at radius 3 is 2.57 bits per heavy atom. The smallest absolute Gasteiger partial charge is 0.148 e. The molecule has 0 amide bonds. The van der Waals surface area contributed by atoms with Gasteiger partial charge in [0.25, 0.3) is 0 Å². The van der Waals surface area contributed by atoms with E-state index in [0.717, 1.165) is 6.20 Å². The van der Waals surface area contributed by atoms with Crippen molar-refractivity contribution in [2.24, 2.45) is 10.7 Å². The lowest BCUT2D eigenvalue weighted by molar-refractivity contribution is 0.444. The van der Waals surface area contributed by atoms with Crippen LogP contribution in [0.3, 0.4) is 0 Å². The lowest BCUT2D eigenvalue weighted by atomic mass is 10.6. The molecule has 0 bridgehead atoms. The van der Waals surface area contributed by atoms with Gasteiger partial charge >= 0.3 is 0 Å². The molecule has 3 N–H and O–H groups in total. The fraction of sp³-hybridized carbons (Fsp3) is 0.250. The minimum atomic E-state index is -0.0116. The molecule has 0 saturated carbocycles. The number of aliphatic hydroxyl groups is 1. The van der Waals surface area contributed by atoms with Crippen molar-refractivity contribution in [3.8, 4) is 0 Å². The van der Waals surface area contributed by atoms with E-state index in [1.165, 1.54) is 6.21 Å². The molecule has 0 aliphatic carbocycles. The second-order valence-electron chi connectivity index (χ2n) is 0.979. The molecule has 0 aromatic heterocycles. The van der Waals surface area contributed by atoms with Crippen LogP contribution in [-0.2, 0) is 0 Å². The largest absolute Gasteiger partial charge is 0.505 e. The Hall–Kier alpha value is -0.990. The number of aliphatic imine (C=N–C) groups is 1. The molecule has 0 aromatic carbocycles. The maximum Gasteiger partial charge on any atom is 0.148 e. The highest BCUT2D eigenvalue weighted by atomic mass is 16.3. The van der Waals surface area contributed by atoms with E-state index in [-0.39, 0.29) is 5.76 Å². The summed E-state index contributed by atoms with van der Waals surface area (Å²) in [5.74, 6) is -0.0116. The molecule has 3 heteroatoms. The van der Waals surface area contributed by atoms with E-state index in [0.29, 0.717) is 0 Å². The normalized spacial score (nSPS) is 13.0. The number of allylic oxidation sites excluding steroid dienone is 1. The van der Waals surface area contributed by atoms with E-state index >= 15 is 0 Å². The maximum atomic E-state index is 8.44. The Bertz CT molecular complexity index is 95.9. The monoisotopic (exact) mass is 100 g/mol. The molecule has 0 rings (SSSR count). The number of nitrogens with two attached hydrogens (primary N) is 1. The summed E-state index contributed by atoms with van der Waals surface area (Å²) in [5, 5.41) is 8.44. The van der Waals surface area contributed by atoms with Crippen molar-refractivity contribution in [2.75, 3.05) is 7.05 Å². The maximum absolute atomic E-state index is 8.44. The van der Waals surface area contributed by atoms with E-state index in [1.54, 1.807) is 7.05 Å². The Balaban J connectivity index is 3.58. The van der Waals surface area contributed by atoms with Gasteiger partial charge < -0.3 is 10.8 Å². The van der Waals surface area contributed by atoms with Gasteiger partial charge in [0.05, 0.1) is 6.21 Å². The van der Waals surface area contributed by atoms with Gasteiger partial charge in [-0.05, 0) is 0 Å². The number of hydrogen-bond acceptors (Lipinski definition) is 3. The Labute approximate surface area is 42.2 Å². The summed E-state index contributed by atoms with van der Waals surface area (Å²) < 4.78 is 0. The highest BCUT2D eigenvalue weighted by molar-refractivity contribution is 5.74. The van der Waals surface area contributed by atoms with Crippen molar-refractivity contribution in [1.29, 1.82) is 0 Å². The van der Waals surface area contributed by atoms with Gasteiger partial charge in [-0.15, -0.1) is 0 Å². The second-order valence-corrected chi connectivity index (χ2v) is 0.979. The number of rotatable bonds is 1. The first-order valence-electron chi connectivity index (χ1n) is 1.84. The third-order valence-electron chi connectivity index (χ3n) is 0.432. The van der Waals surface area contributed by atoms with Gasteiger partial charge in [0.1, 0.15) is 5.76 Å². The van der Waals surface area contributed by atoms with Gasteiger partial charge in [-0.25, -0.2) is 0 Å². The molecule has 0 spiro atoms. The van der Waals surface area contributed by atoms with E-state index in [9.17, 15) is 0 Å². The van der Waals surface area contributed by atoms with Gasteiger partial charge in [0.2, 0.25) is 0 Å². The van der Waals surface area contributed by atoms with Crippen LogP contribution >= 0.6 is 0 Å². The topological polar surface area (TPSA) is 58.6 Å². The first-order valence-corrected chi connectivity index (χ1v) is 1.84. The minimum Gasteiger partial charge on any atom is -0.505 e. The van der Waals surface area contributed by atoms with Crippen LogP contribution in [-0.4, -0.2) is 18.4 Å².